The molecule has 0 atom stereocenters. The molecule has 0 bridgehead atoms. The lowest BCUT2D eigenvalue weighted by Gasteiger charge is -2.21. The third kappa shape index (κ3) is 1.97. The first-order valence-corrected chi connectivity index (χ1v) is 7.64. The largest absolute Gasteiger partial charge is 0.376 e. The smallest absolute Gasteiger partial charge is 0.0749 e. The van der Waals surface area contributed by atoms with E-state index in [0.29, 0.717) is 6.61 Å². The minimum absolute atomic E-state index is 0.588. The molecule has 0 saturated carbocycles. The predicted molar refractivity (Wildman–Crippen MR) is 81.6 cm³/mol. The van der Waals surface area contributed by atoms with Crippen molar-refractivity contribution < 1.29 is 4.74 Å². The van der Waals surface area contributed by atoms with Crippen LogP contribution in [0.2, 0.25) is 5.02 Å². The minimum Gasteiger partial charge on any atom is -0.376 e. The lowest BCUT2D eigenvalue weighted by Crippen LogP contribution is -2.17. The van der Waals surface area contributed by atoms with Crippen molar-refractivity contribution in [2.24, 2.45) is 0 Å². The van der Waals surface area contributed by atoms with Gasteiger partial charge in [-0.05, 0) is 31.0 Å². The quantitative estimate of drug-likeness (QED) is 0.802. The maximum atomic E-state index is 6.60. The highest BCUT2D eigenvalue weighted by Gasteiger charge is 2.19. The number of halogens is 1. The number of anilines is 1. The molecule has 3 heterocycles. The van der Waals surface area contributed by atoms with E-state index < -0.39 is 0 Å². The SMILES string of the molecule is Clc1c2c(nc3ccc(N4CCCC4)cc13)CCOC2. The molecule has 3 nitrogen and oxygen atoms in total. The van der Waals surface area contributed by atoms with E-state index in [1.807, 2.05) is 0 Å². The monoisotopic (exact) mass is 288 g/mol. The fraction of sp³-hybridized carbons (Fsp3) is 0.438. The second-order valence-corrected chi connectivity index (χ2v) is 5.93. The van der Waals surface area contributed by atoms with Crippen LogP contribution in [0.5, 0.6) is 0 Å². The first kappa shape index (κ1) is 12.4. The topological polar surface area (TPSA) is 25.4 Å². The molecule has 1 aromatic carbocycles. The van der Waals surface area contributed by atoms with Gasteiger partial charge in [-0.1, -0.05) is 11.6 Å². The predicted octanol–water partition coefficient (Wildman–Crippen LogP) is 3.56. The highest BCUT2D eigenvalue weighted by Crippen LogP contribution is 2.34. The molecular weight excluding hydrogens is 272 g/mol. The van der Waals surface area contributed by atoms with Gasteiger partial charge in [0.25, 0.3) is 0 Å². The van der Waals surface area contributed by atoms with Gasteiger partial charge in [0, 0.05) is 36.1 Å². The summed E-state index contributed by atoms with van der Waals surface area (Å²) in [6, 6.07) is 6.46. The first-order valence-electron chi connectivity index (χ1n) is 7.26. The molecule has 104 valence electrons. The Labute approximate surface area is 123 Å². The van der Waals surface area contributed by atoms with Crippen LogP contribution >= 0.6 is 11.6 Å². The molecule has 0 aliphatic carbocycles. The Hall–Kier alpha value is -1.32. The van der Waals surface area contributed by atoms with Crippen LogP contribution < -0.4 is 4.90 Å². The zero-order valence-electron chi connectivity index (χ0n) is 11.4. The molecule has 2 aromatic rings. The average Bonchev–Trinajstić information content (AvgIpc) is 3.02. The Kier molecular flexibility index (Phi) is 3.04. The van der Waals surface area contributed by atoms with Crippen LogP contribution in [-0.4, -0.2) is 24.7 Å². The zero-order valence-corrected chi connectivity index (χ0v) is 12.1. The summed E-state index contributed by atoms with van der Waals surface area (Å²) in [4.78, 5) is 7.18. The van der Waals surface area contributed by atoms with Crippen LogP contribution in [-0.2, 0) is 17.8 Å². The summed E-state index contributed by atoms with van der Waals surface area (Å²) in [6.45, 7) is 3.62. The molecule has 2 aliphatic rings. The maximum Gasteiger partial charge on any atom is 0.0749 e. The summed E-state index contributed by atoms with van der Waals surface area (Å²) < 4.78 is 5.52. The third-order valence-corrected chi connectivity index (χ3v) is 4.72. The second kappa shape index (κ2) is 4.90. The Bertz CT molecular complexity index is 665. The van der Waals surface area contributed by atoms with Crippen molar-refractivity contribution in [1.29, 1.82) is 0 Å². The highest BCUT2D eigenvalue weighted by molar-refractivity contribution is 6.36. The summed E-state index contributed by atoms with van der Waals surface area (Å²) in [5, 5.41) is 1.88. The van der Waals surface area contributed by atoms with Crippen molar-refractivity contribution in [3.63, 3.8) is 0 Å². The van der Waals surface area contributed by atoms with E-state index in [4.69, 9.17) is 21.3 Å². The van der Waals surface area contributed by atoms with Crippen LogP contribution in [0.4, 0.5) is 5.69 Å². The number of aromatic nitrogens is 1. The Morgan fingerprint density at radius 2 is 2.05 bits per heavy atom. The highest BCUT2D eigenvalue weighted by atomic mass is 35.5. The van der Waals surface area contributed by atoms with Gasteiger partial charge in [0.05, 0.1) is 29.4 Å². The van der Waals surface area contributed by atoms with Gasteiger partial charge in [-0.25, -0.2) is 0 Å². The summed E-state index contributed by atoms with van der Waals surface area (Å²) in [5.74, 6) is 0. The number of rotatable bonds is 1. The van der Waals surface area contributed by atoms with Crippen LogP contribution in [0.25, 0.3) is 10.9 Å². The molecule has 0 amide bonds. The average molecular weight is 289 g/mol. The fourth-order valence-corrected chi connectivity index (χ4v) is 3.48. The van der Waals surface area contributed by atoms with Gasteiger partial charge in [-0.15, -0.1) is 0 Å². The van der Waals surface area contributed by atoms with Crippen molar-refractivity contribution in [3.05, 3.63) is 34.5 Å². The number of hydrogen-bond donors (Lipinski definition) is 0. The van der Waals surface area contributed by atoms with Crippen molar-refractivity contribution in [1.82, 2.24) is 4.98 Å². The van der Waals surface area contributed by atoms with Gasteiger partial charge in [0.2, 0.25) is 0 Å². The maximum absolute atomic E-state index is 6.60. The number of benzene rings is 1. The van der Waals surface area contributed by atoms with E-state index in [9.17, 15) is 0 Å². The molecule has 1 saturated heterocycles. The third-order valence-electron chi connectivity index (χ3n) is 4.29. The van der Waals surface area contributed by atoms with Crippen molar-refractivity contribution in [3.8, 4) is 0 Å². The van der Waals surface area contributed by atoms with Gasteiger partial charge < -0.3 is 9.64 Å². The van der Waals surface area contributed by atoms with Crippen molar-refractivity contribution in [2.45, 2.75) is 25.9 Å². The molecule has 1 aromatic heterocycles. The van der Waals surface area contributed by atoms with Gasteiger partial charge in [-0.2, -0.15) is 0 Å². The summed E-state index contributed by atoms with van der Waals surface area (Å²) >= 11 is 6.60. The summed E-state index contributed by atoms with van der Waals surface area (Å²) in [5.41, 5.74) is 4.43. The molecule has 4 rings (SSSR count). The van der Waals surface area contributed by atoms with Crippen LogP contribution in [0.1, 0.15) is 24.1 Å². The Morgan fingerprint density at radius 1 is 1.20 bits per heavy atom. The summed E-state index contributed by atoms with van der Waals surface area (Å²) in [6.07, 6.45) is 3.42. The van der Waals surface area contributed by atoms with Crippen molar-refractivity contribution >= 4 is 28.2 Å². The van der Waals surface area contributed by atoms with E-state index in [-0.39, 0.29) is 0 Å². The molecule has 4 heteroatoms. The molecule has 0 N–H and O–H groups in total. The van der Waals surface area contributed by atoms with Crippen LogP contribution in [0, 0.1) is 0 Å². The number of fused-ring (bicyclic) bond motifs is 2. The second-order valence-electron chi connectivity index (χ2n) is 5.55. The van der Waals surface area contributed by atoms with E-state index in [1.165, 1.54) is 18.5 Å². The summed E-state index contributed by atoms with van der Waals surface area (Å²) in [7, 11) is 0. The van der Waals surface area contributed by atoms with E-state index in [0.717, 1.165) is 53.3 Å². The minimum atomic E-state index is 0.588. The molecule has 0 unspecified atom stereocenters. The fourth-order valence-electron chi connectivity index (χ4n) is 3.17. The normalized spacial score (nSPS) is 18.6. The molecular formula is C16H17ClN2O. The van der Waals surface area contributed by atoms with Crippen molar-refractivity contribution in [2.75, 3.05) is 24.6 Å². The molecule has 0 spiro atoms. The van der Waals surface area contributed by atoms with Gasteiger partial charge in [0.15, 0.2) is 0 Å². The van der Waals surface area contributed by atoms with Gasteiger partial charge in [0.1, 0.15) is 0 Å². The zero-order chi connectivity index (χ0) is 13.5. The molecule has 1 fully saturated rings. The standard InChI is InChI=1S/C16H17ClN2O/c17-16-12-9-11(19-6-1-2-7-19)3-4-14(12)18-15-5-8-20-10-13(15)16/h3-4,9H,1-2,5-8,10H2. The van der Waals surface area contributed by atoms with Crippen LogP contribution in [0.3, 0.4) is 0 Å². The Balaban J connectivity index is 1.86. The number of nitrogens with zero attached hydrogens (tertiary/aromatic N) is 2. The van der Waals surface area contributed by atoms with E-state index in [2.05, 4.69) is 23.1 Å². The lowest BCUT2D eigenvalue weighted by atomic mass is 10.1. The first-order chi connectivity index (χ1) is 9.83. The van der Waals surface area contributed by atoms with Gasteiger partial charge >= 0.3 is 0 Å². The van der Waals surface area contributed by atoms with E-state index >= 15 is 0 Å². The van der Waals surface area contributed by atoms with Gasteiger partial charge in [-0.3, -0.25) is 4.98 Å². The Morgan fingerprint density at radius 3 is 2.90 bits per heavy atom. The molecule has 0 radical (unpaired) electrons. The number of hydrogen-bond acceptors (Lipinski definition) is 3. The number of pyridine rings is 1. The lowest BCUT2D eigenvalue weighted by molar-refractivity contribution is 0.109. The number of ether oxygens (including phenoxy) is 1. The van der Waals surface area contributed by atoms with E-state index in [1.54, 1.807) is 0 Å². The molecule has 2 aliphatic heterocycles. The van der Waals surface area contributed by atoms with Crippen LogP contribution in [0.15, 0.2) is 18.2 Å². The molecule has 20 heavy (non-hydrogen) atoms.